The molecule has 122 valence electrons. The van der Waals surface area contributed by atoms with E-state index in [4.69, 9.17) is 10.5 Å². The van der Waals surface area contributed by atoms with Crippen molar-refractivity contribution in [3.63, 3.8) is 0 Å². The lowest BCUT2D eigenvalue weighted by molar-refractivity contribution is -0.143. The Balaban J connectivity index is 5.17. The van der Waals surface area contributed by atoms with Crippen LogP contribution < -0.4 is 5.73 Å². The van der Waals surface area contributed by atoms with Crippen molar-refractivity contribution in [2.75, 3.05) is 6.54 Å². The van der Waals surface area contributed by atoms with Crippen molar-refractivity contribution in [1.82, 2.24) is 4.90 Å². The van der Waals surface area contributed by atoms with Gasteiger partial charge in [0.05, 0.1) is 0 Å². The lowest BCUT2D eigenvalue weighted by Crippen LogP contribution is -2.49. The van der Waals surface area contributed by atoms with Crippen LogP contribution in [0.5, 0.6) is 0 Å². The van der Waals surface area contributed by atoms with Crippen LogP contribution in [0, 0.1) is 5.92 Å². The van der Waals surface area contributed by atoms with Crippen LogP contribution in [0.4, 0.5) is 4.79 Å². The standard InChI is InChI=1S/C14H26N2O5/c1-9(2)8-16(13(20)21-14(3,4)5)10(12(18)19)6-7-11(15)17/h9-10H,6-8H2,1-5H3,(H2,15,17)(H,18,19)/t10-/m0/s1. The van der Waals surface area contributed by atoms with Gasteiger partial charge in [0.2, 0.25) is 5.91 Å². The first kappa shape index (κ1) is 19.2. The molecule has 0 radical (unpaired) electrons. The van der Waals surface area contributed by atoms with Crippen molar-refractivity contribution in [3.05, 3.63) is 0 Å². The molecule has 7 heteroatoms. The Morgan fingerprint density at radius 2 is 1.76 bits per heavy atom. The van der Waals surface area contributed by atoms with E-state index in [0.29, 0.717) is 0 Å². The Hall–Kier alpha value is -1.79. The van der Waals surface area contributed by atoms with Gasteiger partial charge >= 0.3 is 12.1 Å². The van der Waals surface area contributed by atoms with E-state index < -0.39 is 29.6 Å². The summed E-state index contributed by atoms with van der Waals surface area (Å²) >= 11 is 0. The number of ether oxygens (including phenoxy) is 1. The summed E-state index contributed by atoms with van der Waals surface area (Å²) in [6.45, 7) is 9.08. The molecule has 21 heavy (non-hydrogen) atoms. The van der Waals surface area contributed by atoms with E-state index >= 15 is 0 Å². The van der Waals surface area contributed by atoms with Crippen LogP contribution >= 0.6 is 0 Å². The molecule has 7 nitrogen and oxygen atoms in total. The summed E-state index contributed by atoms with van der Waals surface area (Å²) in [4.78, 5) is 35.6. The molecule has 0 heterocycles. The number of carbonyl (C=O) groups is 3. The number of carbonyl (C=O) groups excluding carboxylic acids is 2. The summed E-state index contributed by atoms with van der Waals surface area (Å²) in [6.07, 6.45) is -0.835. The second-order valence-corrected chi connectivity index (χ2v) is 6.39. The number of aliphatic carboxylic acids is 1. The molecule has 3 N–H and O–H groups in total. The molecule has 0 fully saturated rings. The van der Waals surface area contributed by atoms with E-state index in [1.165, 1.54) is 0 Å². The molecule has 0 unspecified atom stereocenters. The van der Waals surface area contributed by atoms with Gasteiger partial charge in [0.25, 0.3) is 0 Å². The monoisotopic (exact) mass is 302 g/mol. The van der Waals surface area contributed by atoms with Gasteiger partial charge < -0.3 is 15.6 Å². The van der Waals surface area contributed by atoms with Crippen molar-refractivity contribution < 1.29 is 24.2 Å². The molecule has 0 aliphatic heterocycles. The third kappa shape index (κ3) is 8.16. The smallest absolute Gasteiger partial charge is 0.411 e. The van der Waals surface area contributed by atoms with Crippen LogP contribution in [0.15, 0.2) is 0 Å². The van der Waals surface area contributed by atoms with Crippen molar-refractivity contribution in [3.8, 4) is 0 Å². The average molecular weight is 302 g/mol. The van der Waals surface area contributed by atoms with Gasteiger partial charge in [0.1, 0.15) is 11.6 Å². The van der Waals surface area contributed by atoms with Crippen LogP contribution in [-0.2, 0) is 14.3 Å². The van der Waals surface area contributed by atoms with Gasteiger partial charge in [0, 0.05) is 13.0 Å². The Bertz CT molecular complexity index is 387. The van der Waals surface area contributed by atoms with Crippen LogP contribution in [0.1, 0.15) is 47.5 Å². The molecule has 0 aromatic rings. The first-order chi connectivity index (χ1) is 9.44. The number of amides is 2. The maximum atomic E-state index is 12.2. The van der Waals surface area contributed by atoms with Gasteiger partial charge in [-0.05, 0) is 33.1 Å². The molecule has 0 saturated heterocycles. The molecular formula is C14H26N2O5. The third-order valence-electron chi connectivity index (χ3n) is 2.52. The second kappa shape index (κ2) is 7.85. The van der Waals surface area contributed by atoms with Gasteiger partial charge in [-0.15, -0.1) is 0 Å². The van der Waals surface area contributed by atoms with E-state index in [9.17, 15) is 19.5 Å². The lowest BCUT2D eigenvalue weighted by Gasteiger charge is -2.32. The van der Waals surface area contributed by atoms with Gasteiger partial charge in [-0.3, -0.25) is 9.69 Å². The summed E-state index contributed by atoms with van der Waals surface area (Å²) in [5, 5.41) is 9.32. The predicted molar refractivity (Wildman–Crippen MR) is 77.6 cm³/mol. The maximum Gasteiger partial charge on any atom is 0.411 e. The molecule has 0 aromatic heterocycles. The fourth-order valence-electron chi connectivity index (χ4n) is 1.73. The summed E-state index contributed by atoms with van der Waals surface area (Å²) in [5.74, 6) is -1.72. The minimum Gasteiger partial charge on any atom is -0.480 e. The predicted octanol–water partition coefficient (Wildman–Crippen LogP) is 1.60. The Kier molecular flexibility index (Phi) is 7.18. The minimum atomic E-state index is -1.18. The summed E-state index contributed by atoms with van der Waals surface area (Å²) in [6, 6.07) is -1.13. The van der Waals surface area contributed by atoms with Crippen molar-refractivity contribution in [2.45, 2.75) is 59.1 Å². The average Bonchev–Trinajstić information content (AvgIpc) is 2.23. The van der Waals surface area contributed by atoms with Crippen LogP contribution in [-0.4, -0.2) is 46.2 Å². The number of rotatable bonds is 7. The van der Waals surface area contributed by atoms with Gasteiger partial charge in [-0.2, -0.15) is 0 Å². The molecule has 1 atom stereocenters. The Morgan fingerprint density at radius 3 is 2.10 bits per heavy atom. The molecule has 0 bridgehead atoms. The maximum absolute atomic E-state index is 12.2. The zero-order chi connectivity index (χ0) is 16.8. The number of nitrogens with two attached hydrogens (primary N) is 1. The van der Waals surface area contributed by atoms with E-state index in [1.54, 1.807) is 20.8 Å². The fourth-order valence-corrected chi connectivity index (χ4v) is 1.73. The quantitative estimate of drug-likeness (QED) is 0.742. The molecule has 2 amide bonds. The molecule has 0 saturated carbocycles. The highest BCUT2D eigenvalue weighted by atomic mass is 16.6. The van der Waals surface area contributed by atoms with Crippen molar-refractivity contribution in [1.29, 1.82) is 0 Å². The van der Waals surface area contributed by atoms with E-state index in [1.807, 2.05) is 13.8 Å². The number of hydrogen-bond acceptors (Lipinski definition) is 4. The summed E-state index contributed by atoms with van der Waals surface area (Å²) in [7, 11) is 0. The second-order valence-electron chi connectivity index (χ2n) is 6.39. The van der Waals surface area contributed by atoms with Gasteiger partial charge in [-0.25, -0.2) is 9.59 Å². The summed E-state index contributed by atoms with van der Waals surface area (Å²) < 4.78 is 5.25. The first-order valence-corrected chi connectivity index (χ1v) is 6.94. The molecule has 0 spiro atoms. The summed E-state index contributed by atoms with van der Waals surface area (Å²) in [5.41, 5.74) is 4.33. The van der Waals surface area contributed by atoms with Crippen molar-refractivity contribution >= 4 is 18.0 Å². The number of hydrogen-bond donors (Lipinski definition) is 2. The van der Waals surface area contributed by atoms with Crippen molar-refractivity contribution in [2.24, 2.45) is 11.7 Å². The zero-order valence-corrected chi connectivity index (χ0v) is 13.4. The largest absolute Gasteiger partial charge is 0.480 e. The normalized spacial score (nSPS) is 12.9. The SMILES string of the molecule is CC(C)CN(C(=O)OC(C)(C)C)[C@@H](CCC(N)=O)C(=O)O. The highest BCUT2D eigenvalue weighted by molar-refractivity contribution is 5.81. The van der Waals surface area contributed by atoms with E-state index in [0.717, 1.165) is 4.90 Å². The third-order valence-corrected chi connectivity index (χ3v) is 2.52. The number of carboxylic acid groups (broad SMARTS) is 1. The Morgan fingerprint density at radius 1 is 1.24 bits per heavy atom. The molecule has 0 aliphatic carbocycles. The van der Waals surface area contributed by atoms with E-state index in [-0.39, 0.29) is 25.3 Å². The molecule has 0 aliphatic rings. The molecule has 0 rings (SSSR count). The number of carboxylic acids is 1. The van der Waals surface area contributed by atoms with E-state index in [2.05, 4.69) is 0 Å². The molecule has 0 aromatic carbocycles. The van der Waals surface area contributed by atoms with Crippen LogP contribution in [0.3, 0.4) is 0 Å². The lowest BCUT2D eigenvalue weighted by atomic mass is 10.1. The Labute approximate surface area is 125 Å². The topological polar surface area (TPSA) is 110 Å². The number of nitrogens with zero attached hydrogens (tertiary/aromatic N) is 1. The van der Waals surface area contributed by atoms with Crippen LogP contribution in [0.25, 0.3) is 0 Å². The number of primary amides is 1. The molecular weight excluding hydrogens is 276 g/mol. The van der Waals surface area contributed by atoms with Gasteiger partial charge in [0.15, 0.2) is 0 Å². The highest BCUT2D eigenvalue weighted by Crippen LogP contribution is 2.16. The fraction of sp³-hybridized carbons (Fsp3) is 0.786. The minimum absolute atomic E-state index is 0.0311. The first-order valence-electron chi connectivity index (χ1n) is 6.94. The zero-order valence-electron chi connectivity index (χ0n) is 13.4. The van der Waals surface area contributed by atoms with Crippen LogP contribution in [0.2, 0.25) is 0 Å². The van der Waals surface area contributed by atoms with Gasteiger partial charge in [-0.1, -0.05) is 13.8 Å². The highest BCUT2D eigenvalue weighted by Gasteiger charge is 2.33.